The van der Waals surface area contributed by atoms with E-state index in [9.17, 15) is 22.8 Å². The minimum absolute atomic E-state index is 0.0493. The van der Waals surface area contributed by atoms with Crippen molar-refractivity contribution in [3.8, 4) is 0 Å². The second kappa shape index (κ2) is 6.85. The maximum absolute atomic E-state index is 12.7. The van der Waals surface area contributed by atoms with E-state index in [1.54, 1.807) is 0 Å². The van der Waals surface area contributed by atoms with Gasteiger partial charge in [0, 0.05) is 19.2 Å². The van der Waals surface area contributed by atoms with Crippen molar-refractivity contribution >= 4 is 18.0 Å². The van der Waals surface area contributed by atoms with E-state index in [-0.39, 0.29) is 18.5 Å². The minimum atomic E-state index is -4.28. The highest BCUT2D eigenvalue weighted by Gasteiger charge is 2.42. The first kappa shape index (κ1) is 17.1. The van der Waals surface area contributed by atoms with E-state index in [2.05, 4.69) is 0 Å². The second-order valence-corrected chi connectivity index (χ2v) is 5.43. The number of halogens is 3. The number of hydrogen-bond donors (Lipinski definition) is 1. The minimum Gasteiger partial charge on any atom is -0.478 e. The number of rotatable bonds is 3. The zero-order valence-corrected chi connectivity index (χ0v) is 12.2. The van der Waals surface area contributed by atoms with Crippen LogP contribution in [-0.2, 0) is 4.79 Å². The molecule has 1 heterocycles. The van der Waals surface area contributed by atoms with Crippen LogP contribution in [0.25, 0.3) is 6.08 Å². The fourth-order valence-electron chi connectivity index (χ4n) is 2.45. The van der Waals surface area contributed by atoms with E-state index in [4.69, 9.17) is 5.11 Å². The van der Waals surface area contributed by atoms with Gasteiger partial charge in [0.15, 0.2) is 0 Å². The van der Waals surface area contributed by atoms with Crippen molar-refractivity contribution < 1.29 is 27.9 Å². The Labute approximate surface area is 131 Å². The standard InChI is InChI=1S/C16H16F3NO3/c17-16(18,19)13-2-1-9-20(10-13)14(21)8-5-11-3-6-12(7-4-11)15(22)23/h3-8,13H,1-2,9-10H2,(H,22,23)/b8-5+. The molecule has 1 saturated heterocycles. The van der Waals surface area contributed by atoms with E-state index in [1.165, 1.54) is 41.3 Å². The van der Waals surface area contributed by atoms with E-state index < -0.39 is 24.0 Å². The Morgan fingerprint density at radius 3 is 2.43 bits per heavy atom. The van der Waals surface area contributed by atoms with Gasteiger partial charge in [0.25, 0.3) is 0 Å². The summed E-state index contributed by atoms with van der Waals surface area (Å²) in [5, 5.41) is 8.78. The van der Waals surface area contributed by atoms with Crippen LogP contribution in [0.15, 0.2) is 30.3 Å². The highest BCUT2D eigenvalue weighted by Crippen LogP contribution is 2.33. The van der Waals surface area contributed by atoms with Crippen molar-refractivity contribution in [1.82, 2.24) is 4.90 Å². The van der Waals surface area contributed by atoms with Gasteiger partial charge < -0.3 is 10.0 Å². The van der Waals surface area contributed by atoms with Crippen LogP contribution in [0.4, 0.5) is 13.2 Å². The summed E-state index contributed by atoms with van der Waals surface area (Å²) >= 11 is 0. The molecular weight excluding hydrogens is 311 g/mol. The lowest BCUT2D eigenvalue weighted by atomic mass is 9.97. The molecule has 1 aromatic carbocycles. The molecule has 0 saturated carbocycles. The fraction of sp³-hybridized carbons (Fsp3) is 0.375. The number of benzene rings is 1. The smallest absolute Gasteiger partial charge is 0.393 e. The van der Waals surface area contributed by atoms with Gasteiger partial charge in [-0.05, 0) is 36.6 Å². The molecular formula is C16H16F3NO3. The van der Waals surface area contributed by atoms with Crippen molar-refractivity contribution in [1.29, 1.82) is 0 Å². The summed E-state index contributed by atoms with van der Waals surface area (Å²) in [6, 6.07) is 5.85. The van der Waals surface area contributed by atoms with Crippen LogP contribution in [0.5, 0.6) is 0 Å². The number of carbonyl (C=O) groups excluding carboxylic acids is 1. The Morgan fingerprint density at radius 1 is 1.22 bits per heavy atom. The number of carboxylic acid groups (broad SMARTS) is 1. The summed E-state index contributed by atoms with van der Waals surface area (Å²) in [5.41, 5.74) is 0.727. The van der Waals surface area contributed by atoms with Gasteiger partial charge in [-0.15, -0.1) is 0 Å². The molecule has 1 unspecified atom stereocenters. The Bertz CT molecular complexity index is 608. The highest BCUT2D eigenvalue weighted by atomic mass is 19.4. The molecule has 23 heavy (non-hydrogen) atoms. The molecule has 1 aliphatic rings. The van der Waals surface area contributed by atoms with E-state index >= 15 is 0 Å². The summed E-state index contributed by atoms with van der Waals surface area (Å²) < 4.78 is 38.2. The van der Waals surface area contributed by atoms with Crippen LogP contribution in [0.2, 0.25) is 0 Å². The first-order valence-corrected chi connectivity index (χ1v) is 7.14. The largest absolute Gasteiger partial charge is 0.478 e. The maximum atomic E-state index is 12.7. The Balaban J connectivity index is 1.99. The summed E-state index contributed by atoms with van der Waals surface area (Å²) in [7, 11) is 0. The average molecular weight is 327 g/mol. The Morgan fingerprint density at radius 2 is 1.87 bits per heavy atom. The molecule has 2 rings (SSSR count). The normalized spacial score (nSPS) is 19.1. The number of alkyl halides is 3. The summed E-state index contributed by atoms with van der Waals surface area (Å²) in [5.74, 6) is -2.99. The highest BCUT2D eigenvalue weighted by molar-refractivity contribution is 5.92. The van der Waals surface area contributed by atoms with Gasteiger partial charge in [-0.1, -0.05) is 12.1 Å². The monoisotopic (exact) mass is 327 g/mol. The SMILES string of the molecule is O=C(O)c1ccc(/C=C/C(=O)N2CCCC(C(F)(F)F)C2)cc1. The third kappa shape index (κ3) is 4.58. The number of amides is 1. The lowest BCUT2D eigenvalue weighted by Gasteiger charge is -2.33. The number of hydrogen-bond acceptors (Lipinski definition) is 2. The molecule has 124 valence electrons. The van der Waals surface area contributed by atoms with E-state index in [0.717, 1.165) is 0 Å². The molecule has 1 aliphatic heterocycles. The fourth-order valence-corrected chi connectivity index (χ4v) is 2.45. The van der Waals surface area contributed by atoms with Gasteiger partial charge in [0.1, 0.15) is 0 Å². The molecule has 1 N–H and O–H groups in total. The molecule has 1 atom stereocenters. The van der Waals surface area contributed by atoms with Gasteiger partial charge >= 0.3 is 12.1 Å². The number of aromatic carboxylic acids is 1. The van der Waals surface area contributed by atoms with Crippen LogP contribution >= 0.6 is 0 Å². The van der Waals surface area contributed by atoms with Crippen LogP contribution in [-0.4, -0.2) is 41.1 Å². The molecule has 0 bridgehead atoms. The molecule has 1 aromatic rings. The predicted molar refractivity (Wildman–Crippen MR) is 77.8 cm³/mol. The second-order valence-electron chi connectivity index (χ2n) is 5.43. The Kier molecular flexibility index (Phi) is 5.08. The van der Waals surface area contributed by atoms with Crippen molar-refractivity contribution in [3.05, 3.63) is 41.5 Å². The summed E-state index contributed by atoms with van der Waals surface area (Å²) in [6.45, 7) is -0.00166. The number of carboxylic acids is 1. The summed E-state index contributed by atoms with van der Waals surface area (Å²) in [6.07, 6.45) is -1.22. The van der Waals surface area contributed by atoms with E-state index in [1.807, 2.05) is 0 Å². The van der Waals surface area contributed by atoms with Gasteiger partial charge in [0.2, 0.25) is 5.91 Å². The maximum Gasteiger partial charge on any atom is 0.393 e. The molecule has 0 radical (unpaired) electrons. The van der Waals surface area contributed by atoms with Crippen molar-refractivity contribution in [3.63, 3.8) is 0 Å². The molecule has 0 spiro atoms. The van der Waals surface area contributed by atoms with Crippen LogP contribution in [0.1, 0.15) is 28.8 Å². The third-order valence-corrected chi connectivity index (χ3v) is 3.77. The number of piperidine rings is 1. The number of carbonyl (C=O) groups is 2. The Hall–Kier alpha value is -2.31. The molecule has 7 heteroatoms. The quantitative estimate of drug-likeness (QED) is 0.868. The van der Waals surface area contributed by atoms with E-state index in [0.29, 0.717) is 18.5 Å². The van der Waals surface area contributed by atoms with Crippen molar-refractivity contribution in [2.45, 2.75) is 19.0 Å². The third-order valence-electron chi connectivity index (χ3n) is 3.77. The first-order chi connectivity index (χ1) is 10.8. The van der Waals surface area contributed by atoms with Gasteiger partial charge in [0.05, 0.1) is 11.5 Å². The predicted octanol–water partition coefficient (Wildman–Crippen LogP) is 3.20. The zero-order valence-electron chi connectivity index (χ0n) is 12.2. The number of likely N-dealkylation sites (tertiary alicyclic amines) is 1. The molecule has 0 aliphatic carbocycles. The molecule has 4 nitrogen and oxygen atoms in total. The van der Waals surface area contributed by atoms with Crippen LogP contribution < -0.4 is 0 Å². The first-order valence-electron chi connectivity index (χ1n) is 7.14. The van der Waals surface area contributed by atoms with Crippen molar-refractivity contribution in [2.75, 3.05) is 13.1 Å². The van der Waals surface area contributed by atoms with Crippen LogP contribution in [0.3, 0.4) is 0 Å². The van der Waals surface area contributed by atoms with Gasteiger partial charge in [-0.25, -0.2) is 4.79 Å². The number of nitrogens with zero attached hydrogens (tertiary/aromatic N) is 1. The zero-order chi connectivity index (χ0) is 17.0. The van der Waals surface area contributed by atoms with Crippen LogP contribution in [0, 0.1) is 5.92 Å². The van der Waals surface area contributed by atoms with Gasteiger partial charge in [-0.2, -0.15) is 13.2 Å². The van der Waals surface area contributed by atoms with Crippen molar-refractivity contribution in [2.24, 2.45) is 5.92 Å². The molecule has 1 amide bonds. The molecule has 1 fully saturated rings. The van der Waals surface area contributed by atoms with Gasteiger partial charge in [-0.3, -0.25) is 4.79 Å². The molecule has 0 aromatic heterocycles. The average Bonchev–Trinajstić information content (AvgIpc) is 2.52. The topological polar surface area (TPSA) is 57.6 Å². The lowest BCUT2D eigenvalue weighted by Crippen LogP contribution is -2.44. The lowest BCUT2D eigenvalue weighted by molar-refractivity contribution is -0.187. The summed E-state index contributed by atoms with van der Waals surface area (Å²) in [4.78, 5) is 23.9.